The number of hydrogen-bond acceptors (Lipinski definition) is 7. The van der Waals surface area contributed by atoms with Gasteiger partial charge in [0, 0.05) is 32.7 Å². The molecular weight excluding hydrogens is 474 g/mol. The number of nitrogens with one attached hydrogen (secondary N) is 3. The Morgan fingerprint density at radius 1 is 0.973 bits per heavy atom. The Morgan fingerprint density at radius 2 is 1.65 bits per heavy atom. The molecule has 0 bridgehead atoms. The largest absolute Gasteiger partial charge is 0.445 e. The highest BCUT2D eigenvalue weighted by Gasteiger charge is 2.29. The molecule has 0 aliphatic carbocycles. The Hall–Kier alpha value is -2.98. The van der Waals surface area contributed by atoms with Crippen molar-refractivity contribution in [3.05, 3.63) is 35.9 Å². The SMILES string of the molecule is CC[C@H](NC(=O)[C@H](CC(C)C)NC(=O)OCc1ccccc1)C(=O)C(=O)NCCCN1CCN(C)CC1. The van der Waals surface area contributed by atoms with Crippen molar-refractivity contribution < 1.29 is 23.9 Å². The van der Waals surface area contributed by atoms with Crippen LogP contribution < -0.4 is 16.0 Å². The van der Waals surface area contributed by atoms with Gasteiger partial charge in [-0.15, -0.1) is 0 Å². The Morgan fingerprint density at radius 3 is 2.27 bits per heavy atom. The molecule has 10 heteroatoms. The first-order chi connectivity index (χ1) is 17.7. The smallest absolute Gasteiger partial charge is 0.408 e. The van der Waals surface area contributed by atoms with Crippen LogP contribution in [0, 0.1) is 5.92 Å². The highest BCUT2D eigenvalue weighted by atomic mass is 16.5. The van der Waals surface area contributed by atoms with Crippen LogP contribution >= 0.6 is 0 Å². The molecule has 1 aromatic rings. The van der Waals surface area contributed by atoms with Crippen molar-refractivity contribution in [2.24, 2.45) is 5.92 Å². The van der Waals surface area contributed by atoms with Crippen LogP contribution in [0.2, 0.25) is 0 Å². The number of carbonyl (C=O) groups is 4. The lowest BCUT2D eigenvalue weighted by atomic mass is 10.0. The summed E-state index contributed by atoms with van der Waals surface area (Å²) in [7, 11) is 2.10. The number of ether oxygens (including phenoxy) is 1. The van der Waals surface area contributed by atoms with E-state index in [1.807, 2.05) is 44.2 Å². The highest BCUT2D eigenvalue weighted by Crippen LogP contribution is 2.08. The molecule has 0 spiro atoms. The van der Waals surface area contributed by atoms with E-state index >= 15 is 0 Å². The summed E-state index contributed by atoms with van der Waals surface area (Å²) in [5, 5.41) is 7.92. The summed E-state index contributed by atoms with van der Waals surface area (Å²) in [6, 6.07) is 7.36. The highest BCUT2D eigenvalue weighted by molar-refractivity contribution is 6.38. The number of rotatable bonds is 14. The predicted molar refractivity (Wildman–Crippen MR) is 142 cm³/mol. The molecule has 0 unspecified atom stereocenters. The second-order valence-electron chi connectivity index (χ2n) is 9.98. The molecule has 1 fully saturated rings. The molecule has 1 aliphatic rings. The zero-order chi connectivity index (χ0) is 27.2. The summed E-state index contributed by atoms with van der Waals surface area (Å²) >= 11 is 0. The molecule has 10 nitrogen and oxygen atoms in total. The minimum atomic E-state index is -0.970. The maximum absolute atomic E-state index is 13.0. The van der Waals surface area contributed by atoms with Gasteiger partial charge in [-0.1, -0.05) is 51.1 Å². The van der Waals surface area contributed by atoms with Crippen LogP contribution in [0.1, 0.15) is 45.6 Å². The number of nitrogens with zero attached hydrogens (tertiary/aromatic N) is 2. The molecule has 37 heavy (non-hydrogen) atoms. The van der Waals surface area contributed by atoms with Crippen molar-refractivity contribution in [2.75, 3.05) is 46.3 Å². The van der Waals surface area contributed by atoms with Gasteiger partial charge in [-0.3, -0.25) is 14.4 Å². The van der Waals surface area contributed by atoms with Crippen LogP contribution in [-0.2, 0) is 25.7 Å². The standard InChI is InChI=1S/C27H43N5O5/c1-5-22(24(33)26(35)28-12-9-13-32-16-14-31(4)15-17-32)29-25(34)23(18-20(2)3)30-27(36)37-19-21-10-7-6-8-11-21/h6-8,10-11,20,22-23H,5,9,12-19H2,1-4H3,(H,28,35)(H,29,34)(H,30,36)/t22-,23-/m0/s1. The Kier molecular flexibility index (Phi) is 13.1. The topological polar surface area (TPSA) is 120 Å². The molecule has 0 radical (unpaired) electrons. The normalized spacial score (nSPS) is 16.0. The van der Waals surface area contributed by atoms with Crippen molar-refractivity contribution in [1.82, 2.24) is 25.8 Å². The fraction of sp³-hybridized carbons (Fsp3) is 0.630. The van der Waals surface area contributed by atoms with E-state index in [0.29, 0.717) is 13.0 Å². The fourth-order valence-electron chi connectivity index (χ4n) is 4.06. The van der Waals surface area contributed by atoms with Crippen molar-refractivity contribution in [1.29, 1.82) is 0 Å². The zero-order valence-electron chi connectivity index (χ0n) is 22.6. The van der Waals surface area contributed by atoms with Crippen molar-refractivity contribution in [3.63, 3.8) is 0 Å². The van der Waals surface area contributed by atoms with Gasteiger partial charge in [0.25, 0.3) is 5.91 Å². The second-order valence-corrected chi connectivity index (χ2v) is 9.98. The molecule has 2 rings (SSSR count). The molecule has 0 saturated carbocycles. The summed E-state index contributed by atoms with van der Waals surface area (Å²) < 4.78 is 5.24. The summed E-state index contributed by atoms with van der Waals surface area (Å²) in [4.78, 5) is 55.1. The first kappa shape index (κ1) is 30.2. The van der Waals surface area contributed by atoms with Crippen LogP contribution in [0.15, 0.2) is 30.3 Å². The van der Waals surface area contributed by atoms with Crippen LogP contribution in [0.4, 0.5) is 4.79 Å². The Balaban J connectivity index is 1.81. The lowest BCUT2D eigenvalue weighted by Gasteiger charge is -2.32. The zero-order valence-corrected chi connectivity index (χ0v) is 22.6. The van der Waals surface area contributed by atoms with Crippen molar-refractivity contribution >= 4 is 23.7 Å². The van der Waals surface area contributed by atoms with E-state index in [4.69, 9.17) is 4.74 Å². The summed E-state index contributed by atoms with van der Waals surface area (Å²) in [5.74, 6) is -1.82. The van der Waals surface area contributed by atoms with E-state index in [1.54, 1.807) is 6.92 Å². The van der Waals surface area contributed by atoms with Gasteiger partial charge >= 0.3 is 6.09 Å². The summed E-state index contributed by atoms with van der Waals surface area (Å²) in [6.07, 6.45) is 0.640. The maximum Gasteiger partial charge on any atom is 0.408 e. The number of piperazine rings is 1. The van der Waals surface area contributed by atoms with Gasteiger partial charge in [-0.25, -0.2) is 4.79 Å². The van der Waals surface area contributed by atoms with Crippen molar-refractivity contribution in [3.8, 4) is 0 Å². The molecule has 1 heterocycles. The van der Waals surface area contributed by atoms with E-state index in [9.17, 15) is 19.2 Å². The molecule has 1 aliphatic heterocycles. The molecule has 2 atom stereocenters. The molecule has 0 aromatic heterocycles. The minimum absolute atomic E-state index is 0.0771. The van der Waals surface area contributed by atoms with Crippen LogP contribution in [0.3, 0.4) is 0 Å². The van der Waals surface area contributed by atoms with Crippen LogP contribution in [0.25, 0.3) is 0 Å². The van der Waals surface area contributed by atoms with Gasteiger partial charge in [0.1, 0.15) is 12.6 Å². The third-order valence-corrected chi connectivity index (χ3v) is 6.33. The molecule has 1 saturated heterocycles. The van der Waals surface area contributed by atoms with Gasteiger partial charge in [-0.2, -0.15) is 0 Å². The Bertz CT molecular complexity index is 871. The number of amides is 3. The van der Waals surface area contributed by atoms with E-state index in [0.717, 1.165) is 44.7 Å². The van der Waals surface area contributed by atoms with E-state index in [2.05, 4.69) is 32.8 Å². The first-order valence-electron chi connectivity index (χ1n) is 13.2. The maximum atomic E-state index is 13.0. The van der Waals surface area contributed by atoms with Crippen LogP contribution in [-0.4, -0.2) is 91.9 Å². The molecule has 3 N–H and O–H groups in total. The Labute approximate surface area is 220 Å². The monoisotopic (exact) mass is 517 g/mol. The molecule has 206 valence electrons. The quantitative estimate of drug-likeness (QED) is 0.253. The number of hydrogen-bond donors (Lipinski definition) is 3. The number of Topliss-reactive ketones (excluding diaryl/α,β-unsaturated/α-hetero) is 1. The average Bonchev–Trinajstić information content (AvgIpc) is 2.88. The number of benzene rings is 1. The number of alkyl carbamates (subject to hydrolysis) is 1. The van der Waals surface area contributed by atoms with E-state index in [-0.39, 0.29) is 18.9 Å². The third kappa shape index (κ3) is 11.3. The van der Waals surface area contributed by atoms with Crippen LogP contribution in [0.5, 0.6) is 0 Å². The minimum Gasteiger partial charge on any atom is -0.445 e. The third-order valence-electron chi connectivity index (χ3n) is 6.33. The lowest BCUT2D eigenvalue weighted by Crippen LogP contribution is -2.54. The predicted octanol–water partition coefficient (Wildman–Crippen LogP) is 1.55. The van der Waals surface area contributed by atoms with Gasteiger partial charge in [0.15, 0.2) is 0 Å². The summed E-state index contributed by atoms with van der Waals surface area (Å²) in [6.45, 7) is 11.0. The van der Waals surface area contributed by atoms with Crippen molar-refractivity contribution in [2.45, 2.75) is 58.7 Å². The van der Waals surface area contributed by atoms with E-state index in [1.165, 1.54) is 0 Å². The van der Waals surface area contributed by atoms with Gasteiger partial charge in [-0.05, 0) is 44.3 Å². The first-order valence-corrected chi connectivity index (χ1v) is 13.2. The molecule has 1 aromatic carbocycles. The number of ketones is 1. The molecule has 3 amide bonds. The molecular formula is C27H43N5O5. The fourth-order valence-corrected chi connectivity index (χ4v) is 4.06. The van der Waals surface area contributed by atoms with Gasteiger partial charge in [0.2, 0.25) is 11.7 Å². The summed E-state index contributed by atoms with van der Waals surface area (Å²) in [5.41, 5.74) is 0.827. The van der Waals surface area contributed by atoms with E-state index < -0.39 is 35.8 Å². The number of carbonyl (C=O) groups excluding carboxylic acids is 4. The lowest BCUT2D eigenvalue weighted by molar-refractivity contribution is -0.140. The average molecular weight is 518 g/mol. The van der Waals surface area contributed by atoms with Gasteiger partial charge < -0.3 is 30.5 Å². The second kappa shape index (κ2) is 16.0. The number of likely N-dealkylation sites (N-methyl/N-ethyl adjacent to an activating group) is 1. The van der Waals surface area contributed by atoms with Gasteiger partial charge in [0.05, 0.1) is 6.04 Å².